The van der Waals surface area contributed by atoms with Crippen LogP contribution < -0.4 is 10.6 Å². The Morgan fingerprint density at radius 1 is 1.15 bits per heavy atom. The third kappa shape index (κ3) is 5.61. The molecule has 7 heteroatoms. The van der Waals surface area contributed by atoms with Crippen LogP contribution in [0.15, 0.2) is 23.6 Å². The van der Waals surface area contributed by atoms with Gasteiger partial charge in [0.25, 0.3) is 0 Å². The molecule has 0 bridgehead atoms. The van der Waals surface area contributed by atoms with Gasteiger partial charge in [0.15, 0.2) is 5.13 Å². The summed E-state index contributed by atoms with van der Waals surface area (Å²) in [7, 11) is 0. The molecular formula is C20H26N4O2S. The van der Waals surface area contributed by atoms with Crippen LogP contribution in [0.2, 0.25) is 0 Å². The number of hydrogen-bond donors (Lipinski definition) is 2. The highest BCUT2D eigenvalue weighted by Gasteiger charge is 2.30. The van der Waals surface area contributed by atoms with E-state index >= 15 is 0 Å². The minimum Gasteiger partial charge on any atom is -0.324 e. The smallest absolute Gasteiger partial charge is 0.238 e. The Hall–Kier alpha value is -2.25. The molecule has 0 saturated heterocycles. The summed E-state index contributed by atoms with van der Waals surface area (Å²) in [5.41, 5.74) is 3.90. The zero-order chi connectivity index (χ0) is 19.4. The molecule has 1 fully saturated rings. The summed E-state index contributed by atoms with van der Waals surface area (Å²) in [5.74, 6) is -0.0968. The first kappa shape index (κ1) is 19.5. The number of benzene rings is 1. The minimum absolute atomic E-state index is 0.0322. The molecule has 1 heterocycles. The first-order valence-corrected chi connectivity index (χ1v) is 10.1. The van der Waals surface area contributed by atoms with E-state index in [1.165, 1.54) is 11.3 Å². The number of aromatic nitrogens is 1. The molecule has 0 spiro atoms. The maximum absolute atomic E-state index is 12.5. The lowest BCUT2D eigenvalue weighted by molar-refractivity contribution is -0.119. The predicted octanol–water partition coefficient (Wildman–Crippen LogP) is 3.50. The molecule has 2 amide bonds. The number of aryl methyl sites for hydroxylation is 3. The number of anilines is 2. The number of carbonyl (C=O) groups excluding carboxylic acids is 2. The number of para-hydroxylation sites is 1. The van der Waals surface area contributed by atoms with Crippen molar-refractivity contribution in [3.05, 3.63) is 40.4 Å². The van der Waals surface area contributed by atoms with Crippen molar-refractivity contribution in [2.45, 2.75) is 46.1 Å². The summed E-state index contributed by atoms with van der Waals surface area (Å²) >= 11 is 1.42. The van der Waals surface area contributed by atoms with Gasteiger partial charge in [-0.15, -0.1) is 11.3 Å². The van der Waals surface area contributed by atoms with Gasteiger partial charge in [0.05, 0.1) is 12.2 Å². The molecule has 0 radical (unpaired) electrons. The van der Waals surface area contributed by atoms with Crippen LogP contribution >= 0.6 is 11.3 Å². The lowest BCUT2D eigenvalue weighted by Gasteiger charge is -2.21. The molecule has 3 rings (SSSR count). The van der Waals surface area contributed by atoms with Gasteiger partial charge < -0.3 is 10.6 Å². The van der Waals surface area contributed by atoms with E-state index in [1.807, 2.05) is 44.4 Å². The summed E-state index contributed by atoms with van der Waals surface area (Å²) in [6.45, 7) is 6.76. The van der Waals surface area contributed by atoms with Crippen LogP contribution in [0.3, 0.4) is 0 Å². The third-order valence-corrected chi connectivity index (χ3v) is 5.52. The van der Waals surface area contributed by atoms with E-state index in [0.717, 1.165) is 35.3 Å². The second-order valence-electron chi connectivity index (χ2n) is 7.11. The number of nitrogens with one attached hydrogen (secondary N) is 2. The van der Waals surface area contributed by atoms with Crippen LogP contribution in [-0.4, -0.2) is 40.8 Å². The SMILES string of the molecule is Cc1csc(NC(=O)CCN(CC(=O)Nc2c(C)cccc2C)C2CC2)n1. The van der Waals surface area contributed by atoms with Crippen LogP contribution in [0, 0.1) is 20.8 Å². The van der Waals surface area contributed by atoms with Gasteiger partial charge in [0, 0.05) is 30.1 Å². The van der Waals surface area contributed by atoms with E-state index in [-0.39, 0.29) is 11.8 Å². The van der Waals surface area contributed by atoms with Crippen molar-refractivity contribution in [2.24, 2.45) is 0 Å². The number of thiazole rings is 1. The maximum atomic E-state index is 12.5. The molecule has 1 aromatic heterocycles. The highest BCUT2D eigenvalue weighted by molar-refractivity contribution is 7.13. The second-order valence-corrected chi connectivity index (χ2v) is 7.97. The van der Waals surface area contributed by atoms with Gasteiger partial charge in [-0.25, -0.2) is 4.98 Å². The number of nitrogens with zero attached hydrogens (tertiary/aromatic N) is 2. The van der Waals surface area contributed by atoms with E-state index in [4.69, 9.17) is 0 Å². The highest BCUT2D eigenvalue weighted by Crippen LogP contribution is 2.27. The Labute approximate surface area is 164 Å². The lowest BCUT2D eigenvalue weighted by Crippen LogP contribution is -2.37. The molecule has 6 nitrogen and oxygen atoms in total. The molecular weight excluding hydrogens is 360 g/mol. The lowest BCUT2D eigenvalue weighted by atomic mass is 10.1. The Bertz CT molecular complexity index is 809. The minimum atomic E-state index is -0.0647. The van der Waals surface area contributed by atoms with Gasteiger partial charge in [0.1, 0.15) is 0 Å². The van der Waals surface area contributed by atoms with Crippen molar-refractivity contribution in [1.29, 1.82) is 0 Å². The van der Waals surface area contributed by atoms with Gasteiger partial charge in [-0.05, 0) is 44.7 Å². The molecule has 1 aliphatic rings. The topological polar surface area (TPSA) is 74.3 Å². The van der Waals surface area contributed by atoms with Crippen LogP contribution in [0.1, 0.15) is 36.1 Å². The molecule has 0 atom stereocenters. The van der Waals surface area contributed by atoms with Crippen LogP contribution in [0.5, 0.6) is 0 Å². The fourth-order valence-electron chi connectivity index (χ4n) is 3.04. The monoisotopic (exact) mass is 386 g/mol. The summed E-state index contributed by atoms with van der Waals surface area (Å²) in [6.07, 6.45) is 2.53. The first-order chi connectivity index (χ1) is 12.9. The second kappa shape index (κ2) is 8.63. The van der Waals surface area contributed by atoms with Gasteiger partial charge in [-0.2, -0.15) is 0 Å². The molecule has 2 aromatic rings. The molecule has 0 aliphatic heterocycles. The average Bonchev–Trinajstić information content (AvgIpc) is 3.38. The molecule has 0 unspecified atom stereocenters. The van der Waals surface area contributed by atoms with E-state index in [1.54, 1.807) is 0 Å². The zero-order valence-electron chi connectivity index (χ0n) is 16.0. The largest absolute Gasteiger partial charge is 0.324 e. The number of rotatable bonds is 8. The predicted molar refractivity (Wildman–Crippen MR) is 109 cm³/mol. The number of amides is 2. The Morgan fingerprint density at radius 3 is 2.44 bits per heavy atom. The third-order valence-electron chi connectivity index (χ3n) is 4.65. The standard InChI is InChI=1S/C20H26N4O2S/c1-13-5-4-6-14(2)19(13)22-18(26)11-24(16-7-8-16)10-9-17(25)23-20-21-15(3)12-27-20/h4-6,12,16H,7-11H2,1-3H3,(H,22,26)(H,21,23,25). The van der Waals surface area contributed by atoms with E-state index in [2.05, 4.69) is 20.5 Å². The normalized spacial score (nSPS) is 13.6. The van der Waals surface area contributed by atoms with Crippen molar-refractivity contribution in [1.82, 2.24) is 9.88 Å². The van der Waals surface area contributed by atoms with Gasteiger partial charge in [-0.3, -0.25) is 14.5 Å². The molecule has 2 N–H and O–H groups in total. The fraction of sp³-hybridized carbons (Fsp3) is 0.450. The van der Waals surface area contributed by atoms with Crippen LogP contribution in [0.4, 0.5) is 10.8 Å². The van der Waals surface area contributed by atoms with Crippen molar-refractivity contribution in [3.8, 4) is 0 Å². The molecule has 1 saturated carbocycles. The highest BCUT2D eigenvalue weighted by atomic mass is 32.1. The number of carbonyl (C=O) groups is 2. The van der Waals surface area contributed by atoms with Gasteiger partial charge in [-0.1, -0.05) is 18.2 Å². The molecule has 1 aliphatic carbocycles. The van der Waals surface area contributed by atoms with Crippen molar-refractivity contribution in [3.63, 3.8) is 0 Å². The van der Waals surface area contributed by atoms with Crippen LogP contribution in [-0.2, 0) is 9.59 Å². The number of hydrogen-bond acceptors (Lipinski definition) is 5. The quantitative estimate of drug-likeness (QED) is 0.728. The summed E-state index contributed by atoms with van der Waals surface area (Å²) in [6, 6.07) is 6.38. The van der Waals surface area contributed by atoms with E-state index < -0.39 is 0 Å². The zero-order valence-corrected chi connectivity index (χ0v) is 16.9. The van der Waals surface area contributed by atoms with E-state index in [0.29, 0.717) is 30.7 Å². The van der Waals surface area contributed by atoms with Crippen molar-refractivity contribution in [2.75, 3.05) is 23.7 Å². The molecule has 144 valence electrons. The summed E-state index contributed by atoms with van der Waals surface area (Å²) in [5, 5.41) is 8.39. The molecule has 1 aromatic carbocycles. The average molecular weight is 387 g/mol. The van der Waals surface area contributed by atoms with E-state index in [9.17, 15) is 9.59 Å². The first-order valence-electron chi connectivity index (χ1n) is 9.24. The Kier molecular flexibility index (Phi) is 6.23. The van der Waals surface area contributed by atoms with Gasteiger partial charge >= 0.3 is 0 Å². The van der Waals surface area contributed by atoms with Crippen molar-refractivity contribution >= 4 is 34.0 Å². The Balaban J connectivity index is 1.51. The van der Waals surface area contributed by atoms with Gasteiger partial charge in [0.2, 0.25) is 11.8 Å². The summed E-state index contributed by atoms with van der Waals surface area (Å²) < 4.78 is 0. The Morgan fingerprint density at radius 2 is 1.85 bits per heavy atom. The fourth-order valence-corrected chi connectivity index (χ4v) is 3.75. The van der Waals surface area contributed by atoms with Crippen LogP contribution in [0.25, 0.3) is 0 Å². The maximum Gasteiger partial charge on any atom is 0.238 e. The molecule has 27 heavy (non-hydrogen) atoms. The summed E-state index contributed by atoms with van der Waals surface area (Å²) in [4.78, 5) is 31.1. The van der Waals surface area contributed by atoms with Crippen molar-refractivity contribution < 1.29 is 9.59 Å².